The SMILES string of the molecule is Cc1ccc(C2CNCCC2C#N)cc1. The highest BCUT2D eigenvalue weighted by Gasteiger charge is 2.25. The van der Waals surface area contributed by atoms with E-state index < -0.39 is 0 Å². The summed E-state index contributed by atoms with van der Waals surface area (Å²) >= 11 is 0. The quantitative estimate of drug-likeness (QED) is 0.754. The zero-order valence-electron chi connectivity index (χ0n) is 9.03. The maximum Gasteiger partial charge on any atom is 0.0663 e. The van der Waals surface area contributed by atoms with Gasteiger partial charge >= 0.3 is 0 Å². The topological polar surface area (TPSA) is 35.8 Å². The molecule has 2 unspecified atom stereocenters. The zero-order chi connectivity index (χ0) is 10.7. The Balaban J connectivity index is 2.21. The molecule has 0 amide bonds. The molecule has 0 radical (unpaired) electrons. The first kappa shape index (κ1) is 10.2. The van der Waals surface area contributed by atoms with Gasteiger partial charge in [-0.05, 0) is 25.5 Å². The Hall–Kier alpha value is -1.33. The second-order valence-electron chi connectivity index (χ2n) is 4.25. The summed E-state index contributed by atoms with van der Waals surface area (Å²) in [6.45, 7) is 3.99. The molecular weight excluding hydrogens is 184 g/mol. The third kappa shape index (κ3) is 2.19. The van der Waals surface area contributed by atoms with E-state index in [1.165, 1.54) is 11.1 Å². The highest BCUT2D eigenvalue weighted by Crippen LogP contribution is 2.28. The van der Waals surface area contributed by atoms with Gasteiger partial charge in [0.25, 0.3) is 0 Å². The van der Waals surface area contributed by atoms with Crippen LogP contribution in [0.5, 0.6) is 0 Å². The van der Waals surface area contributed by atoms with Crippen LogP contribution in [0.1, 0.15) is 23.5 Å². The summed E-state index contributed by atoms with van der Waals surface area (Å²) < 4.78 is 0. The molecule has 0 saturated carbocycles. The largest absolute Gasteiger partial charge is 0.316 e. The maximum absolute atomic E-state index is 9.10. The van der Waals surface area contributed by atoms with E-state index in [0.29, 0.717) is 5.92 Å². The molecule has 1 N–H and O–H groups in total. The molecule has 0 spiro atoms. The van der Waals surface area contributed by atoms with Crippen molar-refractivity contribution in [1.29, 1.82) is 5.26 Å². The van der Waals surface area contributed by atoms with E-state index in [-0.39, 0.29) is 5.92 Å². The van der Waals surface area contributed by atoms with Crippen LogP contribution >= 0.6 is 0 Å². The van der Waals surface area contributed by atoms with E-state index in [4.69, 9.17) is 5.26 Å². The second kappa shape index (κ2) is 4.46. The molecule has 1 fully saturated rings. The minimum absolute atomic E-state index is 0.175. The molecule has 0 aromatic heterocycles. The number of aryl methyl sites for hydroxylation is 1. The van der Waals surface area contributed by atoms with Crippen LogP contribution in [0.25, 0.3) is 0 Å². The van der Waals surface area contributed by atoms with Gasteiger partial charge in [0, 0.05) is 12.5 Å². The van der Waals surface area contributed by atoms with Gasteiger partial charge in [-0.1, -0.05) is 29.8 Å². The van der Waals surface area contributed by atoms with Gasteiger partial charge in [-0.2, -0.15) is 5.26 Å². The van der Waals surface area contributed by atoms with Crippen molar-refractivity contribution in [2.45, 2.75) is 19.3 Å². The molecule has 1 aliphatic heterocycles. The van der Waals surface area contributed by atoms with Crippen LogP contribution in [0.2, 0.25) is 0 Å². The fraction of sp³-hybridized carbons (Fsp3) is 0.462. The predicted molar refractivity (Wildman–Crippen MR) is 60.5 cm³/mol. The Kier molecular flexibility index (Phi) is 3.03. The van der Waals surface area contributed by atoms with Crippen molar-refractivity contribution in [3.8, 4) is 6.07 Å². The minimum Gasteiger partial charge on any atom is -0.316 e. The molecule has 1 heterocycles. The molecule has 1 aliphatic rings. The highest BCUT2D eigenvalue weighted by molar-refractivity contribution is 5.27. The fourth-order valence-electron chi connectivity index (χ4n) is 2.18. The average Bonchev–Trinajstić information content (AvgIpc) is 2.30. The van der Waals surface area contributed by atoms with E-state index >= 15 is 0 Å². The Morgan fingerprint density at radius 2 is 2.07 bits per heavy atom. The standard InChI is InChI=1S/C13H16N2/c1-10-2-4-11(5-3-10)13-9-15-7-6-12(13)8-14/h2-5,12-13,15H,6-7,9H2,1H3. The van der Waals surface area contributed by atoms with Crippen molar-refractivity contribution < 1.29 is 0 Å². The number of nitriles is 1. The number of piperidine rings is 1. The average molecular weight is 200 g/mol. The Morgan fingerprint density at radius 1 is 1.33 bits per heavy atom. The predicted octanol–water partition coefficient (Wildman–Crippen LogP) is 2.21. The second-order valence-corrected chi connectivity index (χ2v) is 4.25. The smallest absolute Gasteiger partial charge is 0.0663 e. The summed E-state index contributed by atoms with van der Waals surface area (Å²) in [6, 6.07) is 11.0. The molecule has 1 saturated heterocycles. The molecule has 0 aliphatic carbocycles. The summed E-state index contributed by atoms with van der Waals surface area (Å²) in [5.41, 5.74) is 2.57. The number of nitrogens with one attached hydrogen (secondary N) is 1. The van der Waals surface area contributed by atoms with Crippen molar-refractivity contribution in [2.75, 3.05) is 13.1 Å². The van der Waals surface area contributed by atoms with Crippen molar-refractivity contribution in [3.05, 3.63) is 35.4 Å². The van der Waals surface area contributed by atoms with E-state index in [1.54, 1.807) is 0 Å². The van der Waals surface area contributed by atoms with Crippen LogP contribution in [0.4, 0.5) is 0 Å². The lowest BCUT2D eigenvalue weighted by molar-refractivity contribution is 0.387. The lowest BCUT2D eigenvalue weighted by Crippen LogP contribution is -2.34. The first-order valence-electron chi connectivity index (χ1n) is 5.48. The van der Waals surface area contributed by atoms with E-state index in [2.05, 4.69) is 42.6 Å². The molecule has 2 heteroatoms. The molecule has 15 heavy (non-hydrogen) atoms. The normalized spacial score (nSPS) is 25.9. The van der Waals surface area contributed by atoms with E-state index in [0.717, 1.165) is 19.5 Å². The van der Waals surface area contributed by atoms with Crippen molar-refractivity contribution >= 4 is 0 Å². The van der Waals surface area contributed by atoms with Gasteiger partial charge in [0.05, 0.1) is 12.0 Å². The molecule has 2 atom stereocenters. The monoisotopic (exact) mass is 200 g/mol. The molecule has 2 nitrogen and oxygen atoms in total. The fourth-order valence-corrected chi connectivity index (χ4v) is 2.18. The van der Waals surface area contributed by atoms with Gasteiger partial charge in [-0.25, -0.2) is 0 Å². The summed E-state index contributed by atoms with van der Waals surface area (Å²) in [4.78, 5) is 0. The van der Waals surface area contributed by atoms with Crippen LogP contribution in [0, 0.1) is 24.2 Å². The van der Waals surface area contributed by atoms with Gasteiger partial charge < -0.3 is 5.32 Å². The summed E-state index contributed by atoms with van der Waals surface area (Å²) in [5.74, 6) is 0.540. The maximum atomic E-state index is 9.10. The summed E-state index contributed by atoms with van der Waals surface area (Å²) in [5, 5.41) is 12.5. The van der Waals surface area contributed by atoms with Crippen molar-refractivity contribution in [2.24, 2.45) is 5.92 Å². The Labute approximate surface area is 90.9 Å². The molecule has 0 bridgehead atoms. The Morgan fingerprint density at radius 3 is 2.73 bits per heavy atom. The van der Waals surface area contributed by atoms with Crippen molar-refractivity contribution in [1.82, 2.24) is 5.32 Å². The molecule has 2 rings (SSSR count). The first-order valence-corrected chi connectivity index (χ1v) is 5.48. The van der Waals surface area contributed by atoms with Crippen LogP contribution in [-0.2, 0) is 0 Å². The van der Waals surface area contributed by atoms with Crippen molar-refractivity contribution in [3.63, 3.8) is 0 Å². The zero-order valence-corrected chi connectivity index (χ0v) is 9.03. The molecular formula is C13H16N2. The number of rotatable bonds is 1. The molecule has 1 aromatic rings. The van der Waals surface area contributed by atoms with Crippen LogP contribution < -0.4 is 5.32 Å². The van der Waals surface area contributed by atoms with Crippen LogP contribution in [0.3, 0.4) is 0 Å². The van der Waals surface area contributed by atoms with Gasteiger partial charge in [0.15, 0.2) is 0 Å². The van der Waals surface area contributed by atoms with Gasteiger partial charge in [-0.15, -0.1) is 0 Å². The number of hydrogen-bond donors (Lipinski definition) is 1. The number of benzene rings is 1. The highest BCUT2D eigenvalue weighted by atomic mass is 14.9. The Bertz CT molecular complexity index is 361. The third-order valence-electron chi connectivity index (χ3n) is 3.15. The summed E-state index contributed by atoms with van der Waals surface area (Å²) in [7, 11) is 0. The summed E-state index contributed by atoms with van der Waals surface area (Å²) in [6.07, 6.45) is 0.967. The minimum atomic E-state index is 0.175. The first-order chi connectivity index (χ1) is 7.31. The third-order valence-corrected chi connectivity index (χ3v) is 3.15. The molecule has 1 aromatic carbocycles. The number of nitrogens with zero attached hydrogens (tertiary/aromatic N) is 1. The number of hydrogen-bond acceptors (Lipinski definition) is 2. The van der Waals surface area contributed by atoms with Gasteiger partial charge in [0.2, 0.25) is 0 Å². The molecule has 78 valence electrons. The lowest BCUT2D eigenvalue weighted by atomic mass is 9.82. The lowest BCUT2D eigenvalue weighted by Gasteiger charge is -2.27. The van der Waals surface area contributed by atoms with Crippen LogP contribution in [-0.4, -0.2) is 13.1 Å². The van der Waals surface area contributed by atoms with Crippen LogP contribution in [0.15, 0.2) is 24.3 Å². The van der Waals surface area contributed by atoms with Gasteiger partial charge in [-0.3, -0.25) is 0 Å². The van der Waals surface area contributed by atoms with E-state index in [9.17, 15) is 0 Å². The van der Waals surface area contributed by atoms with E-state index in [1.807, 2.05) is 0 Å². The van der Waals surface area contributed by atoms with Gasteiger partial charge in [0.1, 0.15) is 0 Å².